The second-order valence-corrected chi connectivity index (χ2v) is 9.75. The summed E-state index contributed by atoms with van der Waals surface area (Å²) in [5.41, 5.74) is 1.26. The van der Waals surface area contributed by atoms with Crippen LogP contribution in [0.2, 0.25) is 0 Å². The molecule has 0 radical (unpaired) electrons. The van der Waals surface area contributed by atoms with Crippen molar-refractivity contribution >= 4 is 45.5 Å². The highest BCUT2D eigenvalue weighted by atomic mass is 79.9. The van der Waals surface area contributed by atoms with E-state index in [0.29, 0.717) is 11.8 Å². The summed E-state index contributed by atoms with van der Waals surface area (Å²) in [5, 5.41) is 2.05. The lowest BCUT2D eigenvalue weighted by Gasteiger charge is -2.21. The first-order chi connectivity index (χ1) is 13.7. The van der Waals surface area contributed by atoms with Gasteiger partial charge < -0.3 is 4.74 Å². The summed E-state index contributed by atoms with van der Waals surface area (Å²) >= 11 is 6.61. The SMILES string of the molecule is Cc1ccc(SN=C(/C=C/Sc2ccc(Br)cc2)OCC2CCCCC2)cc1. The molecule has 0 saturated heterocycles. The summed E-state index contributed by atoms with van der Waals surface area (Å²) in [5.74, 6) is 1.36. The van der Waals surface area contributed by atoms with Crippen molar-refractivity contribution in [1.82, 2.24) is 0 Å². The fourth-order valence-corrected chi connectivity index (χ4v) is 4.51. The van der Waals surface area contributed by atoms with E-state index in [4.69, 9.17) is 4.74 Å². The van der Waals surface area contributed by atoms with E-state index in [-0.39, 0.29) is 0 Å². The molecule has 3 rings (SSSR count). The molecule has 1 fully saturated rings. The molecule has 0 aromatic heterocycles. The summed E-state index contributed by atoms with van der Waals surface area (Å²) in [6.45, 7) is 2.86. The molecular formula is C23H26BrNOS2. The van der Waals surface area contributed by atoms with Crippen LogP contribution in [0.1, 0.15) is 37.7 Å². The van der Waals surface area contributed by atoms with Crippen molar-refractivity contribution in [2.75, 3.05) is 6.61 Å². The zero-order chi connectivity index (χ0) is 19.6. The standard InChI is InChI=1S/C23H26BrNOS2/c1-18-7-11-22(12-8-18)28-25-23(26-17-19-5-3-2-4-6-19)15-16-27-21-13-9-20(24)10-14-21/h7-16,19H,2-6,17H2,1H3/b16-15+,25-23?. The number of nitrogens with zero attached hydrogens (tertiary/aromatic N) is 1. The van der Waals surface area contributed by atoms with Crippen LogP contribution in [0.15, 0.2) is 78.7 Å². The first kappa shape index (κ1) is 21.5. The van der Waals surface area contributed by atoms with Crippen LogP contribution >= 0.6 is 39.6 Å². The molecule has 0 amide bonds. The van der Waals surface area contributed by atoms with E-state index < -0.39 is 0 Å². The number of thioether (sulfide) groups is 1. The van der Waals surface area contributed by atoms with Gasteiger partial charge in [-0.15, -0.1) is 0 Å². The molecular weight excluding hydrogens is 450 g/mol. The Morgan fingerprint density at radius 2 is 1.71 bits per heavy atom. The van der Waals surface area contributed by atoms with Crippen molar-refractivity contribution in [2.24, 2.45) is 10.3 Å². The Balaban J connectivity index is 1.61. The Kier molecular flexibility index (Phi) is 9.03. The van der Waals surface area contributed by atoms with Crippen LogP contribution < -0.4 is 0 Å². The van der Waals surface area contributed by atoms with Crippen LogP contribution in [0.5, 0.6) is 0 Å². The van der Waals surface area contributed by atoms with Crippen molar-refractivity contribution in [3.05, 3.63) is 70.1 Å². The molecule has 0 unspecified atom stereocenters. The second kappa shape index (κ2) is 11.7. The highest BCUT2D eigenvalue weighted by Crippen LogP contribution is 2.26. The minimum atomic E-state index is 0.663. The molecule has 0 atom stereocenters. The normalized spacial score (nSPS) is 15.9. The molecule has 2 nitrogen and oxygen atoms in total. The molecule has 0 N–H and O–H groups in total. The van der Waals surface area contributed by atoms with Crippen LogP contribution in [0.25, 0.3) is 0 Å². The van der Waals surface area contributed by atoms with Gasteiger partial charge in [0.15, 0.2) is 0 Å². The van der Waals surface area contributed by atoms with Crippen molar-refractivity contribution in [3.63, 3.8) is 0 Å². The smallest absolute Gasteiger partial charge is 0.221 e. The molecule has 148 valence electrons. The topological polar surface area (TPSA) is 21.6 Å². The first-order valence-corrected chi connectivity index (χ1v) is 12.2. The number of rotatable bonds is 7. The molecule has 2 aromatic carbocycles. The van der Waals surface area contributed by atoms with Crippen molar-refractivity contribution in [1.29, 1.82) is 0 Å². The molecule has 2 aromatic rings. The lowest BCUT2D eigenvalue weighted by atomic mass is 9.90. The molecule has 0 bridgehead atoms. The highest BCUT2D eigenvalue weighted by molar-refractivity contribution is 9.10. The maximum Gasteiger partial charge on any atom is 0.221 e. The van der Waals surface area contributed by atoms with Crippen molar-refractivity contribution in [3.8, 4) is 0 Å². The van der Waals surface area contributed by atoms with Crippen molar-refractivity contribution in [2.45, 2.75) is 48.8 Å². The van der Waals surface area contributed by atoms with E-state index >= 15 is 0 Å². The minimum Gasteiger partial charge on any atom is -0.477 e. The van der Waals surface area contributed by atoms with Gasteiger partial charge in [0.2, 0.25) is 5.90 Å². The molecule has 28 heavy (non-hydrogen) atoms. The second-order valence-electron chi connectivity index (χ2n) is 7.02. The van der Waals surface area contributed by atoms with Crippen LogP contribution in [0.3, 0.4) is 0 Å². The average molecular weight is 477 g/mol. The fraction of sp³-hybridized carbons (Fsp3) is 0.348. The lowest BCUT2D eigenvalue weighted by Crippen LogP contribution is -2.15. The van der Waals surface area contributed by atoms with E-state index in [0.717, 1.165) is 16.0 Å². The van der Waals surface area contributed by atoms with Gasteiger partial charge in [0.1, 0.15) is 0 Å². The van der Waals surface area contributed by atoms with Gasteiger partial charge in [-0.25, -0.2) is 0 Å². The van der Waals surface area contributed by atoms with Gasteiger partial charge in [-0.05, 0) is 67.5 Å². The van der Waals surface area contributed by atoms with E-state index in [1.165, 1.54) is 54.5 Å². The predicted molar refractivity (Wildman–Crippen MR) is 126 cm³/mol. The van der Waals surface area contributed by atoms with Gasteiger partial charge in [0.25, 0.3) is 0 Å². The Morgan fingerprint density at radius 3 is 2.43 bits per heavy atom. The third kappa shape index (κ3) is 7.69. The van der Waals surface area contributed by atoms with Gasteiger partial charge in [-0.1, -0.05) is 64.7 Å². The lowest BCUT2D eigenvalue weighted by molar-refractivity contribution is 0.201. The summed E-state index contributed by atoms with van der Waals surface area (Å²) in [6.07, 6.45) is 8.55. The van der Waals surface area contributed by atoms with E-state index in [9.17, 15) is 0 Å². The number of hydrogen-bond acceptors (Lipinski definition) is 4. The van der Waals surface area contributed by atoms with Crippen LogP contribution in [-0.4, -0.2) is 12.5 Å². The Hall–Kier alpha value is -1.17. The van der Waals surface area contributed by atoms with Crippen LogP contribution in [-0.2, 0) is 4.74 Å². The first-order valence-electron chi connectivity index (χ1n) is 9.72. The number of aryl methyl sites for hydroxylation is 1. The highest BCUT2D eigenvalue weighted by Gasteiger charge is 2.14. The molecule has 1 saturated carbocycles. The monoisotopic (exact) mass is 475 g/mol. The molecule has 0 spiro atoms. The number of hydrogen-bond donors (Lipinski definition) is 0. The van der Waals surface area contributed by atoms with Gasteiger partial charge >= 0.3 is 0 Å². The maximum absolute atomic E-state index is 6.11. The minimum absolute atomic E-state index is 0.663. The van der Waals surface area contributed by atoms with E-state index in [2.05, 4.69) is 81.2 Å². The summed E-state index contributed by atoms with van der Waals surface area (Å²) < 4.78 is 11.9. The predicted octanol–water partition coefficient (Wildman–Crippen LogP) is 8.07. The van der Waals surface area contributed by atoms with E-state index in [1.54, 1.807) is 11.8 Å². The Labute approximate surface area is 185 Å². The van der Waals surface area contributed by atoms with Gasteiger partial charge in [-0.2, -0.15) is 4.40 Å². The third-order valence-electron chi connectivity index (χ3n) is 4.68. The fourth-order valence-electron chi connectivity index (χ4n) is 3.04. The quantitative estimate of drug-likeness (QED) is 0.175. The third-order valence-corrected chi connectivity index (χ3v) is 6.78. The molecule has 1 aliphatic carbocycles. The zero-order valence-corrected chi connectivity index (χ0v) is 19.4. The zero-order valence-electron chi connectivity index (χ0n) is 16.1. The van der Waals surface area contributed by atoms with Gasteiger partial charge in [-0.3, -0.25) is 0 Å². The summed E-state index contributed by atoms with van der Waals surface area (Å²) in [7, 11) is 0. The van der Waals surface area contributed by atoms with E-state index in [1.807, 2.05) is 6.08 Å². The van der Waals surface area contributed by atoms with Gasteiger partial charge in [0.05, 0.1) is 6.61 Å². The van der Waals surface area contributed by atoms with Crippen LogP contribution in [0, 0.1) is 12.8 Å². The number of halogens is 1. The Morgan fingerprint density at radius 1 is 1.04 bits per heavy atom. The molecule has 0 heterocycles. The summed E-state index contributed by atoms with van der Waals surface area (Å²) in [4.78, 5) is 2.32. The molecule has 1 aliphatic rings. The van der Waals surface area contributed by atoms with Crippen LogP contribution in [0.4, 0.5) is 0 Å². The largest absolute Gasteiger partial charge is 0.477 e. The average Bonchev–Trinajstić information content (AvgIpc) is 2.73. The van der Waals surface area contributed by atoms with Crippen molar-refractivity contribution < 1.29 is 4.74 Å². The number of ether oxygens (including phenoxy) is 1. The van der Waals surface area contributed by atoms with Gasteiger partial charge in [0, 0.05) is 32.3 Å². The molecule has 0 aliphatic heterocycles. The Bertz CT molecular complexity index is 781. The molecule has 5 heteroatoms. The summed E-state index contributed by atoms with van der Waals surface area (Å²) in [6, 6.07) is 16.7. The maximum atomic E-state index is 6.11. The number of benzene rings is 2.